The van der Waals surface area contributed by atoms with Crippen LogP contribution in [0.5, 0.6) is 0 Å². The summed E-state index contributed by atoms with van der Waals surface area (Å²) >= 11 is 23.8. The van der Waals surface area contributed by atoms with Crippen molar-refractivity contribution in [2.75, 3.05) is 0 Å². The Bertz CT molecular complexity index is 920. The number of nitrogens with one attached hydrogen (secondary N) is 1. The Kier molecular flexibility index (Phi) is 5.26. The van der Waals surface area contributed by atoms with Crippen LogP contribution in [0.4, 0.5) is 0 Å². The fourth-order valence-corrected chi connectivity index (χ4v) is 3.17. The molecule has 1 N–H and O–H groups in total. The monoisotopic (exact) mass is 401 g/mol. The van der Waals surface area contributed by atoms with Crippen LogP contribution in [0.15, 0.2) is 40.8 Å². The van der Waals surface area contributed by atoms with E-state index in [0.29, 0.717) is 31.4 Å². The first-order valence-electron chi connectivity index (χ1n) is 7.00. The third-order valence-electron chi connectivity index (χ3n) is 3.40. The number of benzene rings is 2. The van der Waals surface area contributed by atoms with Crippen LogP contribution < -0.4 is 5.32 Å². The molecule has 0 aliphatic rings. The molecule has 1 heterocycles. The molecule has 7 heteroatoms. The highest BCUT2D eigenvalue weighted by atomic mass is 35.5. The third kappa shape index (κ3) is 3.98. The van der Waals surface area contributed by atoms with E-state index in [1.807, 2.05) is 0 Å². The van der Waals surface area contributed by atoms with Gasteiger partial charge in [0.15, 0.2) is 5.58 Å². The third-order valence-corrected chi connectivity index (χ3v) is 4.63. The molecule has 0 atom stereocenters. The molecule has 3 rings (SSSR count). The summed E-state index contributed by atoms with van der Waals surface area (Å²) in [7, 11) is 0. The molecule has 0 saturated heterocycles. The van der Waals surface area contributed by atoms with Gasteiger partial charge in [-0.05, 0) is 35.9 Å². The molecule has 0 aliphatic heterocycles. The van der Waals surface area contributed by atoms with E-state index in [1.54, 1.807) is 36.4 Å². The molecule has 3 nitrogen and oxygen atoms in total. The fourth-order valence-electron chi connectivity index (χ4n) is 2.30. The molecular formula is C17H11Cl4NO2. The van der Waals surface area contributed by atoms with Crippen molar-refractivity contribution in [3.8, 4) is 0 Å². The van der Waals surface area contributed by atoms with Crippen molar-refractivity contribution in [3.63, 3.8) is 0 Å². The maximum absolute atomic E-state index is 12.0. The minimum atomic E-state index is -0.155. The van der Waals surface area contributed by atoms with Gasteiger partial charge in [-0.15, -0.1) is 0 Å². The van der Waals surface area contributed by atoms with Gasteiger partial charge in [0.05, 0.1) is 28.0 Å². The second-order valence-electron chi connectivity index (χ2n) is 5.22. The lowest BCUT2D eigenvalue weighted by Crippen LogP contribution is -2.24. The van der Waals surface area contributed by atoms with Gasteiger partial charge in [0.2, 0.25) is 5.91 Å². The van der Waals surface area contributed by atoms with Crippen molar-refractivity contribution in [1.29, 1.82) is 0 Å². The smallest absolute Gasteiger partial charge is 0.224 e. The Morgan fingerprint density at radius 3 is 2.50 bits per heavy atom. The van der Waals surface area contributed by atoms with Crippen molar-refractivity contribution < 1.29 is 9.21 Å². The summed E-state index contributed by atoms with van der Waals surface area (Å²) in [5.74, 6) is 0.439. The summed E-state index contributed by atoms with van der Waals surface area (Å²) in [4.78, 5) is 12.0. The van der Waals surface area contributed by atoms with Gasteiger partial charge in [0, 0.05) is 10.4 Å². The number of hydrogen-bond acceptors (Lipinski definition) is 2. The van der Waals surface area contributed by atoms with Gasteiger partial charge in [0.25, 0.3) is 0 Å². The van der Waals surface area contributed by atoms with Crippen LogP contribution in [0, 0.1) is 0 Å². The first-order chi connectivity index (χ1) is 11.4. The van der Waals surface area contributed by atoms with Crippen LogP contribution in [0.1, 0.15) is 11.3 Å². The van der Waals surface area contributed by atoms with Crippen molar-refractivity contribution >= 4 is 63.3 Å². The molecule has 0 bridgehead atoms. The van der Waals surface area contributed by atoms with Crippen LogP contribution in [0.2, 0.25) is 20.1 Å². The van der Waals surface area contributed by atoms with Crippen LogP contribution >= 0.6 is 46.4 Å². The number of hydrogen-bond donors (Lipinski definition) is 1. The second-order valence-corrected chi connectivity index (χ2v) is 6.88. The number of rotatable bonds is 4. The molecule has 1 aromatic heterocycles. The molecule has 124 valence electrons. The number of halogens is 4. The predicted octanol–water partition coefficient (Wildman–Crippen LogP) is 5.91. The van der Waals surface area contributed by atoms with Gasteiger partial charge in [-0.2, -0.15) is 0 Å². The molecule has 0 radical (unpaired) electrons. The maximum atomic E-state index is 12.0. The van der Waals surface area contributed by atoms with Crippen LogP contribution in [-0.2, 0) is 17.8 Å². The van der Waals surface area contributed by atoms with E-state index in [9.17, 15) is 4.79 Å². The lowest BCUT2D eigenvalue weighted by Gasteiger charge is -2.04. The number of furan rings is 1. The summed E-state index contributed by atoms with van der Waals surface area (Å²) < 4.78 is 5.65. The zero-order valence-corrected chi connectivity index (χ0v) is 15.2. The van der Waals surface area contributed by atoms with Crippen LogP contribution in [0.3, 0.4) is 0 Å². The van der Waals surface area contributed by atoms with Crippen molar-refractivity contribution in [2.45, 2.75) is 13.0 Å². The highest BCUT2D eigenvalue weighted by Gasteiger charge is 2.11. The van der Waals surface area contributed by atoms with Crippen molar-refractivity contribution in [2.24, 2.45) is 0 Å². The SMILES string of the molecule is O=C(Cc1ccc(Cl)c(Cl)c1)NCc1cc2cc(Cl)cc(Cl)c2o1. The lowest BCUT2D eigenvalue weighted by atomic mass is 10.1. The predicted molar refractivity (Wildman–Crippen MR) is 98.2 cm³/mol. The van der Waals surface area contributed by atoms with E-state index in [2.05, 4.69) is 5.32 Å². The summed E-state index contributed by atoms with van der Waals surface area (Å²) in [5.41, 5.74) is 1.33. The molecular weight excluding hydrogens is 392 g/mol. The number of amides is 1. The number of carbonyl (C=O) groups is 1. The minimum Gasteiger partial charge on any atom is -0.458 e. The molecule has 0 aliphatic carbocycles. The summed E-state index contributed by atoms with van der Waals surface area (Å²) in [6.07, 6.45) is 0.198. The number of carbonyl (C=O) groups excluding carboxylic acids is 1. The largest absolute Gasteiger partial charge is 0.458 e. The number of fused-ring (bicyclic) bond motifs is 1. The Balaban J connectivity index is 1.65. The minimum absolute atomic E-state index is 0.155. The van der Waals surface area contributed by atoms with E-state index in [4.69, 9.17) is 50.8 Å². The molecule has 24 heavy (non-hydrogen) atoms. The topological polar surface area (TPSA) is 42.2 Å². The van der Waals surface area contributed by atoms with Gasteiger partial charge in [0.1, 0.15) is 5.76 Å². The average Bonchev–Trinajstić information content (AvgIpc) is 2.92. The van der Waals surface area contributed by atoms with Crippen LogP contribution in [-0.4, -0.2) is 5.91 Å². The molecule has 1 amide bonds. The molecule has 0 saturated carbocycles. The zero-order chi connectivity index (χ0) is 17.3. The Labute approximate surface area is 158 Å². The van der Waals surface area contributed by atoms with Gasteiger partial charge >= 0.3 is 0 Å². The van der Waals surface area contributed by atoms with Gasteiger partial charge in [-0.25, -0.2) is 0 Å². The second kappa shape index (κ2) is 7.24. The van der Waals surface area contributed by atoms with Gasteiger partial charge < -0.3 is 9.73 Å². The highest BCUT2D eigenvalue weighted by molar-refractivity contribution is 6.42. The average molecular weight is 403 g/mol. The molecule has 2 aromatic carbocycles. The van der Waals surface area contributed by atoms with E-state index >= 15 is 0 Å². The van der Waals surface area contributed by atoms with E-state index in [1.165, 1.54) is 0 Å². The first-order valence-corrected chi connectivity index (χ1v) is 8.51. The maximum Gasteiger partial charge on any atom is 0.224 e. The quantitative estimate of drug-likeness (QED) is 0.589. The molecule has 0 spiro atoms. The van der Waals surface area contributed by atoms with Gasteiger partial charge in [-0.1, -0.05) is 52.5 Å². The molecule has 0 unspecified atom stereocenters. The van der Waals surface area contributed by atoms with E-state index < -0.39 is 0 Å². The van der Waals surface area contributed by atoms with Gasteiger partial charge in [-0.3, -0.25) is 4.79 Å². The lowest BCUT2D eigenvalue weighted by molar-refractivity contribution is -0.120. The Morgan fingerprint density at radius 1 is 0.958 bits per heavy atom. The summed E-state index contributed by atoms with van der Waals surface area (Å²) in [5, 5.41) is 5.43. The summed E-state index contributed by atoms with van der Waals surface area (Å²) in [6, 6.07) is 10.3. The van der Waals surface area contributed by atoms with E-state index in [-0.39, 0.29) is 18.9 Å². The summed E-state index contributed by atoms with van der Waals surface area (Å²) in [6.45, 7) is 0.253. The fraction of sp³-hybridized carbons (Fsp3) is 0.118. The first kappa shape index (κ1) is 17.4. The van der Waals surface area contributed by atoms with E-state index in [0.717, 1.165) is 10.9 Å². The van der Waals surface area contributed by atoms with Crippen molar-refractivity contribution in [3.05, 3.63) is 67.8 Å². The molecule has 3 aromatic rings. The highest BCUT2D eigenvalue weighted by Crippen LogP contribution is 2.30. The Morgan fingerprint density at radius 2 is 1.75 bits per heavy atom. The van der Waals surface area contributed by atoms with Crippen molar-refractivity contribution in [1.82, 2.24) is 5.32 Å². The van der Waals surface area contributed by atoms with Crippen LogP contribution in [0.25, 0.3) is 11.0 Å². The molecule has 0 fully saturated rings. The standard InChI is InChI=1S/C17H11Cl4NO2/c18-11-5-10-6-12(24-17(10)15(21)7-11)8-22-16(23)4-9-1-2-13(19)14(20)3-9/h1-3,5-7H,4,8H2,(H,22,23). The zero-order valence-electron chi connectivity index (χ0n) is 12.2. The normalized spacial score (nSPS) is 11.0. The Hall–Kier alpha value is -1.39.